The van der Waals surface area contributed by atoms with Crippen molar-refractivity contribution in [2.24, 2.45) is 0 Å². The summed E-state index contributed by atoms with van der Waals surface area (Å²) >= 11 is 1.87. The topological polar surface area (TPSA) is 32.3 Å². The van der Waals surface area contributed by atoms with Gasteiger partial charge >= 0.3 is 6.03 Å². The Labute approximate surface area is 150 Å². The van der Waals surface area contributed by atoms with Crippen LogP contribution in [0.1, 0.15) is 69.4 Å². The molecule has 1 atom stereocenters. The largest absolute Gasteiger partial charge is 0.335 e. The maximum absolute atomic E-state index is 12.7. The first-order valence-electron chi connectivity index (χ1n) is 9.24. The Morgan fingerprint density at radius 2 is 1.79 bits per heavy atom. The highest BCUT2D eigenvalue weighted by Crippen LogP contribution is 2.38. The molecule has 2 aliphatic rings. The molecule has 1 aromatic carbocycles. The first kappa shape index (κ1) is 17.7. The lowest BCUT2D eigenvalue weighted by Crippen LogP contribution is -2.45. The lowest BCUT2D eigenvalue weighted by molar-refractivity contribution is 0.192. The molecule has 2 amide bonds. The summed E-state index contributed by atoms with van der Waals surface area (Å²) in [5.41, 5.74) is 2.75. The van der Waals surface area contributed by atoms with Crippen LogP contribution in [-0.2, 0) is 5.41 Å². The molecule has 3 rings (SSSR count). The second-order valence-electron chi connectivity index (χ2n) is 8.07. The van der Waals surface area contributed by atoms with E-state index in [1.54, 1.807) is 0 Å². The van der Waals surface area contributed by atoms with Gasteiger partial charge in [-0.3, -0.25) is 0 Å². The number of carbonyl (C=O) groups is 1. The summed E-state index contributed by atoms with van der Waals surface area (Å²) in [6.45, 7) is 7.54. The van der Waals surface area contributed by atoms with Crippen LogP contribution < -0.4 is 5.32 Å². The van der Waals surface area contributed by atoms with Crippen LogP contribution in [0.4, 0.5) is 4.79 Å². The molecule has 1 saturated heterocycles. The minimum Gasteiger partial charge on any atom is -0.335 e. The fourth-order valence-electron chi connectivity index (χ4n) is 3.61. The van der Waals surface area contributed by atoms with E-state index in [0.717, 1.165) is 25.1 Å². The number of carbonyl (C=O) groups excluding carboxylic acids is 1. The van der Waals surface area contributed by atoms with E-state index in [1.165, 1.54) is 30.4 Å². The summed E-state index contributed by atoms with van der Waals surface area (Å²) in [6.07, 6.45) is 6.08. The first-order valence-corrected chi connectivity index (χ1v) is 10.3. The van der Waals surface area contributed by atoms with Crippen molar-refractivity contribution in [1.29, 1.82) is 0 Å². The van der Waals surface area contributed by atoms with Gasteiger partial charge in [0, 0.05) is 18.3 Å². The lowest BCUT2D eigenvalue weighted by atomic mass is 9.87. The smallest absolute Gasteiger partial charge is 0.318 e. The van der Waals surface area contributed by atoms with Gasteiger partial charge in [-0.25, -0.2) is 4.79 Å². The van der Waals surface area contributed by atoms with E-state index in [-0.39, 0.29) is 16.8 Å². The van der Waals surface area contributed by atoms with Crippen molar-refractivity contribution in [3.63, 3.8) is 0 Å². The van der Waals surface area contributed by atoms with Crippen molar-refractivity contribution in [2.45, 2.75) is 69.7 Å². The van der Waals surface area contributed by atoms with E-state index in [4.69, 9.17) is 0 Å². The zero-order valence-corrected chi connectivity index (χ0v) is 16.0. The summed E-state index contributed by atoms with van der Waals surface area (Å²) in [7, 11) is 0. The molecule has 0 bridgehead atoms. The second kappa shape index (κ2) is 7.38. The maximum Gasteiger partial charge on any atom is 0.318 e. The van der Waals surface area contributed by atoms with E-state index >= 15 is 0 Å². The Bertz CT molecular complexity index is 558. The molecule has 3 nitrogen and oxygen atoms in total. The fourth-order valence-corrected chi connectivity index (χ4v) is 4.86. The minimum atomic E-state index is 0.122. The molecule has 132 valence electrons. The van der Waals surface area contributed by atoms with Crippen LogP contribution in [-0.4, -0.2) is 29.3 Å². The van der Waals surface area contributed by atoms with Crippen LogP contribution in [0.25, 0.3) is 0 Å². The van der Waals surface area contributed by atoms with E-state index in [2.05, 4.69) is 50.4 Å². The molecule has 1 unspecified atom stereocenters. The third-order valence-electron chi connectivity index (χ3n) is 5.15. The third-order valence-corrected chi connectivity index (χ3v) is 6.41. The Morgan fingerprint density at radius 1 is 1.12 bits per heavy atom. The lowest BCUT2D eigenvalue weighted by Gasteiger charge is -2.29. The highest BCUT2D eigenvalue weighted by Gasteiger charge is 2.32. The second-order valence-corrected chi connectivity index (χ2v) is 9.26. The molecule has 1 aliphatic heterocycles. The van der Waals surface area contributed by atoms with Gasteiger partial charge in [-0.15, -0.1) is 11.8 Å². The van der Waals surface area contributed by atoms with E-state index in [9.17, 15) is 4.79 Å². The van der Waals surface area contributed by atoms with Crippen molar-refractivity contribution >= 4 is 17.8 Å². The third kappa shape index (κ3) is 4.08. The van der Waals surface area contributed by atoms with Crippen LogP contribution in [0.15, 0.2) is 24.3 Å². The summed E-state index contributed by atoms with van der Waals surface area (Å²) in [6, 6.07) is 9.32. The molecule has 2 fully saturated rings. The van der Waals surface area contributed by atoms with Gasteiger partial charge in [-0.1, -0.05) is 64.3 Å². The van der Waals surface area contributed by atoms with Crippen LogP contribution in [0.5, 0.6) is 0 Å². The van der Waals surface area contributed by atoms with Crippen LogP contribution in [0, 0.1) is 0 Å². The number of thioether (sulfide) groups is 1. The number of rotatable bonds is 2. The molecule has 1 N–H and O–H groups in total. The molecule has 0 aromatic heterocycles. The molecular weight excluding hydrogens is 316 g/mol. The zero-order chi connectivity index (χ0) is 17.2. The Morgan fingerprint density at radius 3 is 2.42 bits per heavy atom. The van der Waals surface area contributed by atoms with Crippen molar-refractivity contribution in [1.82, 2.24) is 10.2 Å². The number of nitrogens with zero attached hydrogens (tertiary/aromatic N) is 1. The summed E-state index contributed by atoms with van der Waals surface area (Å²) in [4.78, 5) is 14.7. The standard InChI is InChI=1S/C20H30N2OS/c1-20(2,3)16-11-9-15(10-12-16)18-22(13-14-24-18)19(23)21-17-7-5-4-6-8-17/h9-12,17-18H,4-8,13-14H2,1-3H3,(H,21,23). The molecule has 1 aliphatic carbocycles. The summed E-state index contributed by atoms with van der Waals surface area (Å²) < 4.78 is 0. The normalized spacial score (nSPS) is 22.6. The van der Waals surface area contributed by atoms with Crippen LogP contribution in [0.3, 0.4) is 0 Å². The van der Waals surface area contributed by atoms with E-state index < -0.39 is 0 Å². The van der Waals surface area contributed by atoms with Crippen molar-refractivity contribution in [2.75, 3.05) is 12.3 Å². The summed E-state index contributed by atoms with van der Waals surface area (Å²) in [5.74, 6) is 1.02. The molecule has 0 radical (unpaired) electrons. The molecule has 1 heterocycles. The SMILES string of the molecule is CC(C)(C)c1ccc(C2SCCN2C(=O)NC2CCCCC2)cc1. The van der Waals surface area contributed by atoms with Crippen molar-refractivity contribution in [3.05, 3.63) is 35.4 Å². The van der Waals surface area contributed by atoms with E-state index in [0.29, 0.717) is 6.04 Å². The Balaban J connectivity index is 1.67. The van der Waals surface area contributed by atoms with Gasteiger partial charge in [-0.05, 0) is 29.4 Å². The molecule has 0 spiro atoms. The zero-order valence-electron chi connectivity index (χ0n) is 15.2. The van der Waals surface area contributed by atoms with Crippen molar-refractivity contribution in [3.8, 4) is 0 Å². The van der Waals surface area contributed by atoms with Gasteiger partial charge in [0.25, 0.3) is 0 Å². The molecule has 24 heavy (non-hydrogen) atoms. The average molecular weight is 347 g/mol. The van der Waals surface area contributed by atoms with Gasteiger partial charge in [0.1, 0.15) is 5.37 Å². The predicted octanol–water partition coefficient (Wildman–Crippen LogP) is 5.07. The monoisotopic (exact) mass is 346 g/mol. The fraction of sp³-hybridized carbons (Fsp3) is 0.650. The predicted molar refractivity (Wildman–Crippen MR) is 102 cm³/mol. The van der Waals surface area contributed by atoms with Crippen molar-refractivity contribution < 1.29 is 4.79 Å². The van der Waals surface area contributed by atoms with Gasteiger partial charge in [0.05, 0.1) is 0 Å². The van der Waals surface area contributed by atoms with E-state index in [1.807, 2.05) is 16.7 Å². The number of hydrogen-bond donors (Lipinski definition) is 1. The molecular formula is C20H30N2OS. The molecule has 1 saturated carbocycles. The van der Waals surface area contributed by atoms with Gasteiger partial charge in [0.2, 0.25) is 0 Å². The Hall–Kier alpha value is -1.16. The van der Waals surface area contributed by atoms with Gasteiger partial charge < -0.3 is 10.2 Å². The number of urea groups is 1. The summed E-state index contributed by atoms with van der Waals surface area (Å²) in [5, 5.41) is 3.43. The Kier molecular flexibility index (Phi) is 5.43. The number of nitrogens with one attached hydrogen (secondary N) is 1. The van der Waals surface area contributed by atoms with Crippen LogP contribution >= 0.6 is 11.8 Å². The minimum absolute atomic E-state index is 0.122. The van der Waals surface area contributed by atoms with Crippen LogP contribution in [0.2, 0.25) is 0 Å². The number of amides is 2. The van der Waals surface area contributed by atoms with Gasteiger partial charge in [0.15, 0.2) is 0 Å². The highest BCUT2D eigenvalue weighted by atomic mass is 32.2. The highest BCUT2D eigenvalue weighted by molar-refractivity contribution is 7.99. The average Bonchev–Trinajstić information content (AvgIpc) is 3.05. The molecule has 1 aromatic rings. The first-order chi connectivity index (χ1) is 11.4. The quantitative estimate of drug-likeness (QED) is 0.810. The van der Waals surface area contributed by atoms with Gasteiger partial charge in [-0.2, -0.15) is 0 Å². The number of hydrogen-bond acceptors (Lipinski definition) is 2. The molecule has 4 heteroatoms. The maximum atomic E-state index is 12.7. The number of benzene rings is 1.